The van der Waals surface area contributed by atoms with Gasteiger partial charge in [0.2, 0.25) is 0 Å². The lowest BCUT2D eigenvalue weighted by Crippen LogP contribution is -2.32. The Balaban J connectivity index is 2.12. The molecule has 0 bridgehead atoms. The van der Waals surface area contributed by atoms with Crippen LogP contribution in [0.5, 0.6) is 0 Å². The Bertz CT molecular complexity index is 560. The predicted octanol–water partition coefficient (Wildman–Crippen LogP) is 1.52. The van der Waals surface area contributed by atoms with Crippen molar-refractivity contribution in [2.24, 2.45) is 5.73 Å². The first-order valence-corrected chi connectivity index (χ1v) is 6.20. The molecule has 0 spiro atoms. The Hall–Kier alpha value is -2.14. The SMILES string of the molecule is CCn1cc(-c2ccc(CC(N)C(=O)O)cc2)cn1. The van der Waals surface area contributed by atoms with Gasteiger partial charge >= 0.3 is 5.97 Å². The topological polar surface area (TPSA) is 81.1 Å². The van der Waals surface area contributed by atoms with Crippen molar-refractivity contribution in [3.05, 3.63) is 42.2 Å². The van der Waals surface area contributed by atoms with Gasteiger partial charge in [-0.15, -0.1) is 0 Å². The van der Waals surface area contributed by atoms with Crippen LogP contribution in [0.3, 0.4) is 0 Å². The number of rotatable bonds is 5. The van der Waals surface area contributed by atoms with Crippen LogP contribution in [-0.4, -0.2) is 26.9 Å². The summed E-state index contributed by atoms with van der Waals surface area (Å²) >= 11 is 0. The highest BCUT2D eigenvalue weighted by molar-refractivity contribution is 5.73. The van der Waals surface area contributed by atoms with Gasteiger partial charge in [0.25, 0.3) is 0 Å². The number of aliphatic carboxylic acids is 1. The summed E-state index contributed by atoms with van der Waals surface area (Å²) in [5, 5.41) is 13.0. The summed E-state index contributed by atoms with van der Waals surface area (Å²) in [6.07, 6.45) is 4.14. The Kier molecular flexibility index (Phi) is 3.97. The first kappa shape index (κ1) is 13.3. The monoisotopic (exact) mass is 259 g/mol. The Labute approximate surface area is 111 Å². The van der Waals surface area contributed by atoms with Crippen LogP contribution in [0, 0.1) is 0 Å². The highest BCUT2D eigenvalue weighted by Crippen LogP contribution is 2.19. The molecule has 5 heteroatoms. The molecule has 5 nitrogen and oxygen atoms in total. The van der Waals surface area contributed by atoms with Crippen LogP contribution >= 0.6 is 0 Å². The molecule has 3 N–H and O–H groups in total. The lowest BCUT2D eigenvalue weighted by Gasteiger charge is -2.06. The van der Waals surface area contributed by atoms with Crippen molar-refractivity contribution in [3.8, 4) is 11.1 Å². The fraction of sp³-hybridized carbons (Fsp3) is 0.286. The second-order valence-corrected chi connectivity index (χ2v) is 4.43. The van der Waals surface area contributed by atoms with Gasteiger partial charge in [-0.05, 0) is 24.5 Å². The molecule has 1 atom stereocenters. The summed E-state index contributed by atoms with van der Waals surface area (Å²) in [6.45, 7) is 2.87. The third-order valence-corrected chi connectivity index (χ3v) is 3.02. The fourth-order valence-corrected chi connectivity index (χ4v) is 1.86. The molecular weight excluding hydrogens is 242 g/mol. The summed E-state index contributed by atoms with van der Waals surface area (Å²) in [4.78, 5) is 10.7. The number of carboxylic acid groups (broad SMARTS) is 1. The molecule has 0 saturated heterocycles. The van der Waals surface area contributed by atoms with E-state index in [2.05, 4.69) is 5.10 Å². The Morgan fingerprint density at radius 1 is 1.37 bits per heavy atom. The molecular formula is C14H17N3O2. The van der Waals surface area contributed by atoms with Crippen molar-refractivity contribution < 1.29 is 9.90 Å². The number of nitrogens with zero attached hydrogens (tertiary/aromatic N) is 2. The average Bonchev–Trinajstić information content (AvgIpc) is 2.88. The second kappa shape index (κ2) is 5.67. The molecule has 0 aliphatic carbocycles. The summed E-state index contributed by atoms with van der Waals surface area (Å²) in [5.74, 6) is -0.978. The van der Waals surface area contributed by atoms with E-state index in [1.165, 1.54) is 0 Å². The zero-order valence-electron chi connectivity index (χ0n) is 10.8. The van der Waals surface area contributed by atoms with Gasteiger partial charge in [-0.1, -0.05) is 24.3 Å². The van der Waals surface area contributed by atoms with Gasteiger partial charge in [0.05, 0.1) is 6.20 Å². The molecule has 0 saturated carbocycles. The van der Waals surface area contributed by atoms with Crippen molar-refractivity contribution in [1.29, 1.82) is 0 Å². The smallest absolute Gasteiger partial charge is 0.320 e. The number of carboxylic acids is 1. The molecule has 2 aromatic rings. The quantitative estimate of drug-likeness (QED) is 0.853. The number of aromatic nitrogens is 2. The van der Waals surface area contributed by atoms with E-state index in [1.54, 1.807) is 0 Å². The molecule has 1 aromatic carbocycles. The minimum Gasteiger partial charge on any atom is -0.480 e. The third-order valence-electron chi connectivity index (χ3n) is 3.02. The standard InChI is InChI=1S/C14H17N3O2/c1-2-17-9-12(8-16-17)11-5-3-10(4-6-11)7-13(15)14(18)19/h3-6,8-9,13H,2,7,15H2,1H3,(H,18,19). The number of nitrogens with two attached hydrogens (primary N) is 1. The normalized spacial score (nSPS) is 12.3. The van der Waals surface area contributed by atoms with Crippen molar-refractivity contribution in [2.45, 2.75) is 25.9 Å². The van der Waals surface area contributed by atoms with E-state index in [0.29, 0.717) is 6.42 Å². The highest BCUT2D eigenvalue weighted by atomic mass is 16.4. The Morgan fingerprint density at radius 3 is 2.58 bits per heavy atom. The molecule has 1 aromatic heterocycles. The van der Waals surface area contributed by atoms with Crippen molar-refractivity contribution >= 4 is 5.97 Å². The largest absolute Gasteiger partial charge is 0.480 e. The van der Waals surface area contributed by atoms with Crippen LogP contribution in [0.15, 0.2) is 36.7 Å². The van der Waals surface area contributed by atoms with Crippen LogP contribution in [-0.2, 0) is 17.8 Å². The summed E-state index contributed by atoms with van der Waals surface area (Å²) < 4.78 is 1.86. The van der Waals surface area contributed by atoms with Crippen molar-refractivity contribution in [2.75, 3.05) is 0 Å². The molecule has 0 fully saturated rings. The molecule has 0 aliphatic heterocycles. The van der Waals surface area contributed by atoms with E-state index in [4.69, 9.17) is 10.8 Å². The van der Waals surface area contributed by atoms with E-state index in [9.17, 15) is 4.79 Å². The molecule has 19 heavy (non-hydrogen) atoms. The number of aryl methyl sites for hydroxylation is 1. The minimum absolute atomic E-state index is 0.337. The summed E-state index contributed by atoms with van der Waals surface area (Å²) in [5.41, 5.74) is 8.54. The van der Waals surface area contributed by atoms with Crippen molar-refractivity contribution in [3.63, 3.8) is 0 Å². The van der Waals surface area contributed by atoms with Gasteiger partial charge in [-0.2, -0.15) is 5.10 Å². The number of hydrogen-bond donors (Lipinski definition) is 2. The van der Waals surface area contributed by atoms with Gasteiger partial charge in [0.1, 0.15) is 6.04 Å². The third kappa shape index (κ3) is 3.20. The van der Waals surface area contributed by atoms with E-state index in [1.807, 2.05) is 48.3 Å². The molecule has 0 amide bonds. The average molecular weight is 259 g/mol. The zero-order valence-corrected chi connectivity index (χ0v) is 10.8. The lowest BCUT2D eigenvalue weighted by atomic mass is 10.0. The minimum atomic E-state index is -0.978. The van der Waals surface area contributed by atoms with Crippen molar-refractivity contribution in [1.82, 2.24) is 9.78 Å². The van der Waals surface area contributed by atoms with Crippen LogP contribution in [0.1, 0.15) is 12.5 Å². The summed E-state index contributed by atoms with van der Waals surface area (Å²) in [7, 11) is 0. The zero-order chi connectivity index (χ0) is 13.8. The van der Waals surface area contributed by atoms with E-state index in [0.717, 1.165) is 23.2 Å². The van der Waals surface area contributed by atoms with Gasteiger partial charge < -0.3 is 10.8 Å². The van der Waals surface area contributed by atoms with Gasteiger partial charge in [0, 0.05) is 18.3 Å². The lowest BCUT2D eigenvalue weighted by molar-refractivity contribution is -0.138. The maximum absolute atomic E-state index is 10.7. The fourth-order valence-electron chi connectivity index (χ4n) is 1.86. The maximum atomic E-state index is 10.7. The van der Waals surface area contributed by atoms with Crippen LogP contribution in [0.4, 0.5) is 0 Å². The summed E-state index contributed by atoms with van der Waals surface area (Å²) in [6, 6.07) is 6.87. The number of hydrogen-bond acceptors (Lipinski definition) is 3. The molecule has 2 rings (SSSR count). The molecule has 0 aliphatic rings. The van der Waals surface area contributed by atoms with E-state index < -0.39 is 12.0 Å². The van der Waals surface area contributed by atoms with E-state index in [-0.39, 0.29) is 0 Å². The number of carbonyl (C=O) groups is 1. The van der Waals surface area contributed by atoms with Gasteiger partial charge in [0.15, 0.2) is 0 Å². The van der Waals surface area contributed by atoms with Crippen LogP contribution in [0.2, 0.25) is 0 Å². The molecule has 0 radical (unpaired) electrons. The maximum Gasteiger partial charge on any atom is 0.320 e. The molecule has 1 unspecified atom stereocenters. The Morgan fingerprint density at radius 2 is 2.05 bits per heavy atom. The van der Waals surface area contributed by atoms with Gasteiger partial charge in [-0.25, -0.2) is 0 Å². The molecule has 1 heterocycles. The second-order valence-electron chi connectivity index (χ2n) is 4.43. The number of benzene rings is 1. The van der Waals surface area contributed by atoms with Crippen LogP contribution in [0.25, 0.3) is 11.1 Å². The molecule has 100 valence electrons. The van der Waals surface area contributed by atoms with Gasteiger partial charge in [-0.3, -0.25) is 9.48 Å². The van der Waals surface area contributed by atoms with Crippen LogP contribution < -0.4 is 5.73 Å². The van der Waals surface area contributed by atoms with E-state index >= 15 is 0 Å². The first-order valence-electron chi connectivity index (χ1n) is 6.20. The predicted molar refractivity (Wildman–Crippen MR) is 72.7 cm³/mol. The highest BCUT2D eigenvalue weighted by Gasteiger charge is 2.12. The first-order chi connectivity index (χ1) is 9.10.